The van der Waals surface area contributed by atoms with E-state index in [4.69, 9.17) is 0 Å². The van der Waals surface area contributed by atoms with Crippen LogP contribution in [-0.2, 0) is 18.4 Å². The fourth-order valence-electron chi connectivity index (χ4n) is 3.55. The highest BCUT2D eigenvalue weighted by atomic mass is 127. The molecule has 0 bridgehead atoms. The maximum Gasteiger partial charge on any atom is 0.224 e. The standard InChI is InChI=1S/C21H30N6O.HI/c1-4-5-20(28)25-19-8-6-16(7-9-19)12-23-21(22-2)27-11-10-17(15-27)18-13-24-26(3)14-18;/h6-9,13-14,17H,4-5,10-12,15H2,1-3H3,(H,22,23)(H,25,28);1H. The molecule has 0 spiro atoms. The lowest BCUT2D eigenvalue weighted by atomic mass is 10.0. The maximum absolute atomic E-state index is 11.7. The minimum atomic E-state index is 0. The number of guanidine groups is 1. The van der Waals surface area contributed by atoms with Crippen molar-refractivity contribution in [2.75, 3.05) is 25.5 Å². The third kappa shape index (κ3) is 6.45. The van der Waals surface area contributed by atoms with E-state index >= 15 is 0 Å². The van der Waals surface area contributed by atoms with E-state index in [9.17, 15) is 4.79 Å². The number of carbonyl (C=O) groups excluding carboxylic acids is 1. The molecule has 2 aromatic rings. The quantitative estimate of drug-likeness (QED) is 0.355. The van der Waals surface area contributed by atoms with Crippen molar-refractivity contribution in [2.45, 2.75) is 38.6 Å². The van der Waals surface area contributed by atoms with Crippen LogP contribution >= 0.6 is 24.0 Å². The van der Waals surface area contributed by atoms with E-state index < -0.39 is 0 Å². The summed E-state index contributed by atoms with van der Waals surface area (Å²) < 4.78 is 1.86. The van der Waals surface area contributed by atoms with Crippen LogP contribution in [0, 0.1) is 0 Å². The molecule has 8 heteroatoms. The molecule has 0 radical (unpaired) electrons. The average molecular weight is 510 g/mol. The van der Waals surface area contributed by atoms with Crippen LogP contribution < -0.4 is 10.6 Å². The lowest BCUT2D eigenvalue weighted by molar-refractivity contribution is -0.116. The number of amides is 1. The largest absolute Gasteiger partial charge is 0.352 e. The van der Waals surface area contributed by atoms with Crippen LogP contribution in [0.15, 0.2) is 41.7 Å². The summed E-state index contributed by atoms with van der Waals surface area (Å²) in [7, 11) is 3.78. The molecule has 1 amide bonds. The summed E-state index contributed by atoms with van der Waals surface area (Å²) in [5.74, 6) is 1.48. The Morgan fingerprint density at radius 1 is 1.31 bits per heavy atom. The van der Waals surface area contributed by atoms with Crippen LogP contribution in [0.25, 0.3) is 0 Å². The number of anilines is 1. The van der Waals surface area contributed by atoms with Gasteiger partial charge in [0.25, 0.3) is 0 Å². The number of aliphatic imine (C=N–C) groups is 1. The fourth-order valence-corrected chi connectivity index (χ4v) is 3.55. The zero-order valence-corrected chi connectivity index (χ0v) is 19.7. The van der Waals surface area contributed by atoms with Gasteiger partial charge in [0.05, 0.1) is 6.20 Å². The zero-order valence-electron chi connectivity index (χ0n) is 17.4. The molecule has 1 aromatic heterocycles. The van der Waals surface area contributed by atoms with Gasteiger partial charge in [0.2, 0.25) is 5.91 Å². The number of hydrogen-bond donors (Lipinski definition) is 2. The lowest BCUT2D eigenvalue weighted by Gasteiger charge is -2.21. The molecule has 158 valence electrons. The SMILES string of the molecule is CCCC(=O)Nc1ccc(CNC(=NC)N2CCC(c3cnn(C)c3)C2)cc1.I. The molecule has 1 aliphatic rings. The Kier molecular flexibility index (Phi) is 8.94. The Morgan fingerprint density at radius 3 is 2.69 bits per heavy atom. The summed E-state index contributed by atoms with van der Waals surface area (Å²) in [6.07, 6.45) is 6.58. The summed E-state index contributed by atoms with van der Waals surface area (Å²) >= 11 is 0. The van der Waals surface area contributed by atoms with Crippen molar-refractivity contribution >= 4 is 41.5 Å². The van der Waals surface area contributed by atoms with Gasteiger partial charge in [-0.1, -0.05) is 19.1 Å². The summed E-state index contributed by atoms with van der Waals surface area (Å²) in [6.45, 7) is 4.64. The molecule has 0 aliphatic carbocycles. The maximum atomic E-state index is 11.7. The van der Waals surface area contributed by atoms with Gasteiger partial charge in [0.1, 0.15) is 0 Å². The number of halogens is 1. The van der Waals surface area contributed by atoms with Gasteiger partial charge in [-0.25, -0.2) is 0 Å². The first-order valence-electron chi connectivity index (χ1n) is 9.92. The number of nitrogens with one attached hydrogen (secondary N) is 2. The molecule has 1 saturated heterocycles. The Hall–Kier alpha value is -2.10. The van der Waals surface area contributed by atoms with E-state index in [1.54, 1.807) is 0 Å². The Balaban J connectivity index is 0.00000300. The minimum Gasteiger partial charge on any atom is -0.352 e. The van der Waals surface area contributed by atoms with E-state index in [1.807, 2.05) is 56.2 Å². The predicted molar refractivity (Wildman–Crippen MR) is 128 cm³/mol. The van der Waals surface area contributed by atoms with Gasteiger partial charge in [-0.05, 0) is 36.1 Å². The highest BCUT2D eigenvalue weighted by Gasteiger charge is 2.26. The molecular formula is C21H31IN6O. The highest BCUT2D eigenvalue weighted by Crippen LogP contribution is 2.26. The molecule has 2 N–H and O–H groups in total. The van der Waals surface area contributed by atoms with Crippen molar-refractivity contribution in [3.05, 3.63) is 47.8 Å². The second-order valence-electron chi connectivity index (χ2n) is 7.27. The molecule has 1 aliphatic heterocycles. The molecule has 1 unspecified atom stereocenters. The van der Waals surface area contributed by atoms with Gasteiger partial charge in [0, 0.05) is 58.0 Å². The van der Waals surface area contributed by atoms with Gasteiger partial charge in [-0.15, -0.1) is 24.0 Å². The smallest absolute Gasteiger partial charge is 0.224 e. The van der Waals surface area contributed by atoms with Crippen LogP contribution in [0.3, 0.4) is 0 Å². The first-order chi connectivity index (χ1) is 13.6. The fraction of sp³-hybridized carbons (Fsp3) is 0.476. The number of likely N-dealkylation sites (tertiary alicyclic amines) is 1. The van der Waals surface area contributed by atoms with Crippen molar-refractivity contribution in [1.29, 1.82) is 0 Å². The summed E-state index contributed by atoms with van der Waals surface area (Å²) in [5, 5.41) is 10.7. The number of carbonyl (C=O) groups is 1. The van der Waals surface area contributed by atoms with Crippen molar-refractivity contribution < 1.29 is 4.79 Å². The Morgan fingerprint density at radius 2 is 2.07 bits per heavy atom. The third-order valence-electron chi connectivity index (χ3n) is 5.06. The molecule has 1 fully saturated rings. The van der Waals surface area contributed by atoms with Gasteiger partial charge >= 0.3 is 0 Å². The number of aromatic nitrogens is 2. The molecule has 1 atom stereocenters. The number of aryl methyl sites for hydroxylation is 1. The lowest BCUT2D eigenvalue weighted by Crippen LogP contribution is -2.39. The second kappa shape index (κ2) is 11.2. The minimum absolute atomic E-state index is 0. The van der Waals surface area contributed by atoms with Crippen molar-refractivity contribution in [1.82, 2.24) is 20.0 Å². The predicted octanol–water partition coefficient (Wildman–Crippen LogP) is 3.34. The van der Waals surface area contributed by atoms with Crippen LogP contribution in [0.2, 0.25) is 0 Å². The first-order valence-corrected chi connectivity index (χ1v) is 9.92. The Bertz CT molecular complexity index is 817. The van der Waals surface area contributed by atoms with Crippen LogP contribution in [0.4, 0.5) is 5.69 Å². The first kappa shape index (κ1) is 23.2. The Labute approximate surface area is 190 Å². The van der Waals surface area contributed by atoms with E-state index in [0.717, 1.165) is 43.1 Å². The molecule has 3 rings (SSSR count). The number of rotatable bonds is 6. The van der Waals surface area contributed by atoms with Crippen LogP contribution in [-0.4, -0.2) is 46.7 Å². The van der Waals surface area contributed by atoms with Gasteiger partial charge in [-0.3, -0.25) is 14.5 Å². The second-order valence-corrected chi connectivity index (χ2v) is 7.27. The highest BCUT2D eigenvalue weighted by molar-refractivity contribution is 14.0. The molecule has 0 saturated carbocycles. The van der Waals surface area contributed by atoms with Crippen molar-refractivity contribution in [2.24, 2.45) is 12.0 Å². The molecule has 7 nitrogen and oxygen atoms in total. The summed E-state index contributed by atoms with van der Waals surface area (Å²) in [4.78, 5) is 18.4. The topological polar surface area (TPSA) is 74.6 Å². The number of benzene rings is 1. The van der Waals surface area contributed by atoms with Gasteiger partial charge in [0.15, 0.2) is 5.96 Å². The number of nitrogens with zero attached hydrogens (tertiary/aromatic N) is 4. The van der Waals surface area contributed by atoms with Gasteiger partial charge in [-0.2, -0.15) is 5.10 Å². The zero-order chi connectivity index (χ0) is 19.9. The van der Waals surface area contributed by atoms with E-state index in [2.05, 4.69) is 31.8 Å². The number of hydrogen-bond acceptors (Lipinski definition) is 3. The van der Waals surface area contributed by atoms with Crippen molar-refractivity contribution in [3.63, 3.8) is 0 Å². The van der Waals surface area contributed by atoms with Crippen molar-refractivity contribution in [3.8, 4) is 0 Å². The normalized spacial score (nSPS) is 16.4. The molecule has 29 heavy (non-hydrogen) atoms. The third-order valence-corrected chi connectivity index (χ3v) is 5.06. The van der Waals surface area contributed by atoms with Crippen LogP contribution in [0.5, 0.6) is 0 Å². The molecule has 1 aromatic carbocycles. The monoisotopic (exact) mass is 510 g/mol. The molecular weight excluding hydrogens is 479 g/mol. The van der Waals surface area contributed by atoms with E-state index in [0.29, 0.717) is 18.9 Å². The van der Waals surface area contributed by atoms with Crippen LogP contribution in [0.1, 0.15) is 43.2 Å². The average Bonchev–Trinajstić information content (AvgIpc) is 3.33. The van der Waals surface area contributed by atoms with Gasteiger partial charge < -0.3 is 15.5 Å². The van der Waals surface area contributed by atoms with E-state index in [-0.39, 0.29) is 29.9 Å². The molecule has 2 heterocycles. The van der Waals surface area contributed by atoms with E-state index in [1.165, 1.54) is 5.56 Å². The summed E-state index contributed by atoms with van der Waals surface area (Å²) in [5.41, 5.74) is 3.28. The summed E-state index contributed by atoms with van der Waals surface area (Å²) in [6, 6.07) is 7.96.